The third-order valence-electron chi connectivity index (χ3n) is 2.33. The van der Waals surface area contributed by atoms with Crippen molar-refractivity contribution in [1.82, 2.24) is 5.43 Å². The first-order valence-corrected chi connectivity index (χ1v) is 6.69. The molecule has 5 nitrogen and oxygen atoms in total. The molecule has 0 aliphatic rings. The first-order valence-electron chi connectivity index (χ1n) is 5.90. The fourth-order valence-corrected chi connectivity index (χ4v) is 1.67. The molecule has 0 radical (unpaired) electrons. The van der Waals surface area contributed by atoms with E-state index in [4.69, 9.17) is 9.15 Å². The van der Waals surface area contributed by atoms with E-state index in [2.05, 4.69) is 26.5 Å². The highest BCUT2D eigenvalue weighted by molar-refractivity contribution is 9.10. The molecule has 1 N–H and O–H groups in total. The number of hydrazone groups is 1. The van der Waals surface area contributed by atoms with Gasteiger partial charge < -0.3 is 9.15 Å². The second-order valence-electron chi connectivity index (χ2n) is 3.98. The lowest BCUT2D eigenvalue weighted by molar-refractivity contribution is -0.123. The van der Waals surface area contributed by atoms with Crippen molar-refractivity contribution in [2.24, 2.45) is 5.10 Å². The van der Waals surface area contributed by atoms with Gasteiger partial charge in [0.1, 0.15) is 17.3 Å². The lowest BCUT2D eigenvalue weighted by Crippen LogP contribution is -2.24. The van der Waals surface area contributed by atoms with E-state index in [-0.39, 0.29) is 12.5 Å². The highest BCUT2D eigenvalue weighted by atomic mass is 79.9. The van der Waals surface area contributed by atoms with E-state index >= 15 is 0 Å². The van der Waals surface area contributed by atoms with Crippen LogP contribution in [-0.2, 0) is 4.79 Å². The van der Waals surface area contributed by atoms with Crippen LogP contribution < -0.4 is 10.2 Å². The molecule has 1 aromatic carbocycles. The molecule has 104 valence electrons. The van der Waals surface area contributed by atoms with Crippen LogP contribution >= 0.6 is 15.9 Å². The zero-order valence-corrected chi connectivity index (χ0v) is 12.4. The van der Waals surface area contributed by atoms with Crippen LogP contribution in [0.4, 0.5) is 0 Å². The summed E-state index contributed by atoms with van der Waals surface area (Å²) in [5.41, 5.74) is 2.36. The summed E-state index contributed by atoms with van der Waals surface area (Å²) in [6, 6.07) is 10.8. The van der Waals surface area contributed by atoms with Crippen LogP contribution in [0.5, 0.6) is 5.75 Å². The molecule has 0 bridgehead atoms. The van der Waals surface area contributed by atoms with Gasteiger partial charge in [0, 0.05) is 4.47 Å². The SMILES string of the molecule is Cc1ccc(/C=N\NC(=O)COc2ccc(Br)cc2)o1. The van der Waals surface area contributed by atoms with Crippen molar-refractivity contribution in [3.05, 3.63) is 52.4 Å². The number of nitrogens with one attached hydrogen (secondary N) is 1. The van der Waals surface area contributed by atoms with E-state index in [0.717, 1.165) is 10.2 Å². The van der Waals surface area contributed by atoms with Gasteiger partial charge in [-0.25, -0.2) is 5.43 Å². The maximum Gasteiger partial charge on any atom is 0.277 e. The molecular formula is C14H13BrN2O3. The van der Waals surface area contributed by atoms with Crippen LogP contribution in [0.25, 0.3) is 0 Å². The smallest absolute Gasteiger partial charge is 0.277 e. The number of aryl methyl sites for hydroxylation is 1. The summed E-state index contributed by atoms with van der Waals surface area (Å²) >= 11 is 3.32. The van der Waals surface area contributed by atoms with Gasteiger partial charge in [-0.2, -0.15) is 5.10 Å². The molecule has 2 rings (SSSR count). The summed E-state index contributed by atoms with van der Waals surface area (Å²) < 4.78 is 11.5. The van der Waals surface area contributed by atoms with Crippen molar-refractivity contribution in [3.8, 4) is 5.75 Å². The number of rotatable bonds is 5. The van der Waals surface area contributed by atoms with Crippen molar-refractivity contribution >= 4 is 28.1 Å². The summed E-state index contributed by atoms with van der Waals surface area (Å²) in [7, 11) is 0. The van der Waals surface area contributed by atoms with Gasteiger partial charge in [-0.05, 0) is 43.3 Å². The molecular weight excluding hydrogens is 324 g/mol. The Hall–Kier alpha value is -2.08. The zero-order valence-electron chi connectivity index (χ0n) is 10.8. The zero-order chi connectivity index (χ0) is 14.4. The number of amides is 1. The second kappa shape index (κ2) is 6.91. The van der Waals surface area contributed by atoms with Gasteiger partial charge in [-0.15, -0.1) is 0 Å². The van der Waals surface area contributed by atoms with E-state index in [0.29, 0.717) is 11.5 Å². The van der Waals surface area contributed by atoms with Gasteiger partial charge in [0.25, 0.3) is 5.91 Å². The number of carbonyl (C=O) groups is 1. The molecule has 0 fully saturated rings. The summed E-state index contributed by atoms with van der Waals surface area (Å²) in [5, 5.41) is 3.78. The Balaban J connectivity index is 1.75. The van der Waals surface area contributed by atoms with Crippen molar-refractivity contribution in [1.29, 1.82) is 0 Å². The topological polar surface area (TPSA) is 63.8 Å². The highest BCUT2D eigenvalue weighted by Gasteiger charge is 2.01. The van der Waals surface area contributed by atoms with E-state index in [1.807, 2.05) is 25.1 Å². The number of hydrogen-bond donors (Lipinski definition) is 1. The molecule has 0 saturated carbocycles. The highest BCUT2D eigenvalue weighted by Crippen LogP contribution is 2.15. The average Bonchev–Trinajstić information content (AvgIpc) is 2.84. The van der Waals surface area contributed by atoms with Gasteiger partial charge in [0.2, 0.25) is 0 Å². The first kappa shape index (κ1) is 14.3. The number of ether oxygens (including phenoxy) is 1. The van der Waals surface area contributed by atoms with Crippen LogP contribution in [0.1, 0.15) is 11.5 Å². The minimum absolute atomic E-state index is 0.101. The number of furan rings is 1. The Bertz CT molecular complexity index is 605. The Kier molecular flexibility index (Phi) is 4.95. The second-order valence-corrected chi connectivity index (χ2v) is 4.90. The number of halogens is 1. The summed E-state index contributed by atoms with van der Waals surface area (Å²) in [4.78, 5) is 11.5. The van der Waals surface area contributed by atoms with Crippen molar-refractivity contribution in [3.63, 3.8) is 0 Å². The molecule has 1 aromatic heterocycles. The van der Waals surface area contributed by atoms with Gasteiger partial charge >= 0.3 is 0 Å². The molecule has 1 amide bonds. The lowest BCUT2D eigenvalue weighted by atomic mass is 10.3. The number of hydrogen-bond acceptors (Lipinski definition) is 4. The fraction of sp³-hybridized carbons (Fsp3) is 0.143. The monoisotopic (exact) mass is 336 g/mol. The standard InChI is InChI=1S/C14H13BrN2O3/c1-10-2-5-13(20-10)8-16-17-14(18)9-19-12-6-3-11(15)4-7-12/h2-8H,9H2,1H3,(H,17,18)/b16-8-. The Labute approximate surface area is 124 Å². The maximum absolute atomic E-state index is 11.5. The van der Waals surface area contributed by atoms with Crippen LogP contribution in [0.3, 0.4) is 0 Å². The summed E-state index contributed by atoms with van der Waals surface area (Å²) in [6.07, 6.45) is 1.44. The minimum atomic E-state index is -0.340. The lowest BCUT2D eigenvalue weighted by Gasteiger charge is -2.04. The molecule has 0 spiro atoms. The Morgan fingerprint density at radius 3 is 2.75 bits per heavy atom. The number of benzene rings is 1. The molecule has 0 aliphatic heterocycles. The predicted octanol–water partition coefficient (Wildman–Crippen LogP) is 2.88. The number of carbonyl (C=O) groups excluding carboxylic acids is 1. The molecule has 0 saturated heterocycles. The van der Waals surface area contributed by atoms with Crippen LogP contribution in [0.15, 0.2) is 50.4 Å². The molecule has 0 atom stereocenters. The van der Waals surface area contributed by atoms with E-state index in [1.54, 1.807) is 18.2 Å². The normalized spacial score (nSPS) is 10.7. The number of nitrogens with zero attached hydrogens (tertiary/aromatic N) is 1. The van der Waals surface area contributed by atoms with Gasteiger partial charge in [0.05, 0.1) is 6.21 Å². The largest absolute Gasteiger partial charge is 0.484 e. The van der Waals surface area contributed by atoms with Crippen molar-refractivity contribution in [2.75, 3.05) is 6.61 Å². The van der Waals surface area contributed by atoms with E-state index < -0.39 is 0 Å². The predicted molar refractivity (Wildman–Crippen MR) is 78.8 cm³/mol. The maximum atomic E-state index is 11.5. The summed E-state index contributed by atoms with van der Waals surface area (Å²) in [5.74, 6) is 1.65. The van der Waals surface area contributed by atoms with Crippen LogP contribution in [0.2, 0.25) is 0 Å². The molecule has 2 aromatic rings. The van der Waals surface area contributed by atoms with Gasteiger partial charge in [0.15, 0.2) is 6.61 Å². The van der Waals surface area contributed by atoms with Crippen LogP contribution in [0, 0.1) is 6.92 Å². The minimum Gasteiger partial charge on any atom is -0.484 e. The third-order valence-corrected chi connectivity index (χ3v) is 2.85. The molecule has 6 heteroatoms. The third kappa shape index (κ3) is 4.55. The fourth-order valence-electron chi connectivity index (χ4n) is 1.40. The first-order chi connectivity index (χ1) is 9.63. The summed E-state index contributed by atoms with van der Waals surface area (Å²) in [6.45, 7) is 1.73. The average molecular weight is 337 g/mol. The van der Waals surface area contributed by atoms with E-state index in [1.165, 1.54) is 6.21 Å². The van der Waals surface area contributed by atoms with Crippen molar-refractivity contribution in [2.45, 2.75) is 6.92 Å². The molecule has 0 unspecified atom stereocenters. The van der Waals surface area contributed by atoms with E-state index in [9.17, 15) is 4.79 Å². The molecule has 0 aliphatic carbocycles. The quantitative estimate of drug-likeness (QED) is 0.674. The Morgan fingerprint density at radius 2 is 2.10 bits per heavy atom. The van der Waals surface area contributed by atoms with Crippen molar-refractivity contribution < 1.29 is 13.9 Å². The van der Waals surface area contributed by atoms with Gasteiger partial charge in [-0.1, -0.05) is 15.9 Å². The molecule has 1 heterocycles. The molecule has 20 heavy (non-hydrogen) atoms. The van der Waals surface area contributed by atoms with Crippen LogP contribution in [-0.4, -0.2) is 18.7 Å². The van der Waals surface area contributed by atoms with Gasteiger partial charge in [-0.3, -0.25) is 4.79 Å². The Morgan fingerprint density at radius 1 is 1.35 bits per heavy atom.